The number of carbonyl (C=O) groups excluding carboxylic acids is 1. The number of benzene rings is 1. The van der Waals surface area contributed by atoms with Gasteiger partial charge in [0, 0.05) is 6.20 Å². The van der Waals surface area contributed by atoms with Gasteiger partial charge in [0.1, 0.15) is 0 Å². The molecule has 0 saturated heterocycles. The molecule has 1 N–H and O–H groups in total. The molecule has 24 heavy (non-hydrogen) atoms. The van der Waals surface area contributed by atoms with Gasteiger partial charge in [-0.2, -0.15) is 0 Å². The van der Waals surface area contributed by atoms with Crippen LogP contribution in [0.2, 0.25) is 0 Å². The van der Waals surface area contributed by atoms with E-state index in [9.17, 15) is 4.79 Å². The van der Waals surface area contributed by atoms with E-state index < -0.39 is 0 Å². The van der Waals surface area contributed by atoms with Gasteiger partial charge >= 0.3 is 0 Å². The maximum atomic E-state index is 12.3. The van der Waals surface area contributed by atoms with Crippen LogP contribution in [-0.2, 0) is 11.2 Å². The number of methoxy groups -OCH3 is 3. The minimum absolute atomic E-state index is 0.109. The van der Waals surface area contributed by atoms with Crippen molar-refractivity contribution in [3.63, 3.8) is 0 Å². The first kappa shape index (κ1) is 17.6. The summed E-state index contributed by atoms with van der Waals surface area (Å²) in [7, 11) is 4.63. The van der Waals surface area contributed by atoms with E-state index in [4.69, 9.17) is 14.2 Å². The molecule has 0 aliphatic carbocycles. The normalized spacial score (nSPS) is 11.5. The smallest absolute Gasteiger partial charge is 0.224 e. The Hall–Kier alpha value is -2.76. The number of pyridine rings is 1. The lowest BCUT2D eigenvalue weighted by atomic mass is 10.1. The molecule has 2 aromatic rings. The summed E-state index contributed by atoms with van der Waals surface area (Å²) in [6, 6.07) is 8.99. The molecular weight excluding hydrogens is 308 g/mol. The molecule has 1 amide bonds. The average Bonchev–Trinajstić information content (AvgIpc) is 2.61. The SMILES string of the molecule is COc1cc(CC(=O)NC(C)c2ccccn2)cc(OC)c1OC. The number of carbonyl (C=O) groups is 1. The van der Waals surface area contributed by atoms with Crippen LogP contribution in [0.5, 0.6) is 17.2 Å². The van der Waals surface area contributed by atoms with Crippen LogP contribution in [0.15, 0.2) is 36.5 Å². The Balaban J connectivity index is 2.11. The first-order valence-electron chi connectivity index (χ1n) is 7.58. The van der Waals surface area contributed by atoms with E-state index in [1.165, 1.54) is 0 Å². The van der Waals surface area contributed by atoms with Gasteiger partial charge in [-0.3, -0.25) is 9.78 Å². The highest BCUT2D eigenvalue weighted by Crippen LogP contribution is 2.38. The Morgan fingerprint density at radius 3 is 2.29 bits per heavy atom. The van der Waals surface area contributed by atoms with Crippen LogP contribution in [0.25, 0.3) is 0 Å². The lowest BCUT2D eigenvalue weighted by Gasteiger charge is -2.16. The topological polar surface area (TPSA) is 69.7 Å². The summed E-state index contributed by atoms with van der Waals surface area (Å²) in [4.78, 5) is 16.5. The molecule has 2 rings (SSSR count). The first-order valence-corrected chi connectivity index (χ1v) is 7.58. The molecule has 1 unspecified atom stereocenters. The molecule has 1 heterocycles. The summed E-state index contributed by atoms with van der Waals surface area (Å²) < 4.78 is 15.9. The summed E-state index contributed by atoms with van der Waals surface area (Å²) in [5.41, 5.74) is 1.59. The number of hydrogen-bond acceptors (Lipinski definition) is 5. The Morgan fingerprint density at radius 1 is 1.12 bits per heavy atom. The largest absolute Gasteiger partial charge is 0.493 e. The van der Waals surface area contributed by atoms with Crippen LogP contribution in [0.3, 0.4) is 0 Å². The summed E-state index contributed by atoms with van der Waals surface area (Å²) in [5.74, 6) is 1.45. The van der Waals surface area contributed by atoms with E-state index in [0.29, 0.717) is 17.2 Å². The van der Waals surface area contributed by atoms with Crippen LogP contribution in [-0.4, -0.2) is 32.2 Å². The Bertz CT molecular complexity index is 664. The van der Waals surface area contributed by atoms with E-state index >= 15 is 0 Å². The number of ether oxygens (including phenoxy) is 3. The molecule has 0 fully saturated rings. The standard InChI is InChI=1S/C18H22N2O4/c1-12(14-7-5-6-8-19-14)20-17(21)11-13-9-15(22-2)18(24-4)16(10-13)23-3/h5-10,12H,11H2,1-4H3,(H,20,21). The molecule has 128 valence electrons. The number of nitrogens with zero attached hydrogens (tertiary/aromatic N) is 1. The molecule has 1 atom stereocenters. The number of aromatic nitrogens is 1. The molecule has 0 aliphatic rings. The van der Waals surface area contributed by atoms with Gasteiger partial charge in [0.2, 0.25) is 11.7 Å². The van der Waals surface area contributed by atoms with Crippen molar-refractivity contribution in [2.45, 2.75) is 19.4 Å². The molecular formula is C18H22N2O4. The van der Waals surface area contributed by atoms with Crippen LogP contribution in [0.1, 0.15) is 24.2 Å². The van der Waals surface area contributed by atoms with Crippen molar-refractivity contribution in [1.29, 1.82) is 0 Å². The van der Waals surface area contributed by atoms with Crippen LogP contribution in [0.4, 0.5) is 0 Å². The highest BCUT2D eigenvalue weighted by molar-refractivity contribution is 5.79. The minimum atomic E-state index is -0.166. The molecule has 0 aliphatic heterocycles. The fraction of sp³-hybridized carbons (Fsp3) is 0.333. The molecule has 0 bridgehead atoms. The number of rotatable bonds is 7. The van der Waals surface area contributed by atoms with Crippen molar-refractivity contribution >= 4 is 5.91 Å². The maximum absolute atomic E-state index is 12.3. The second kappa shape index (κ2) is 8.19. The fourth-order valence-corrected chi connectivity index (χ4v) is 2.42. The van der Waals surface area contributed by atoms with E-state index in [-0.39, 0.29) is 18.4 Å². The summed E-state index contributed by atoms with van der Waals surface area (Å²) in [5, 5.41) is 2.93. The van der Waals surface area contributed by atoms with Gasteiger partial charge in [-0.15, -0.1) is 0 Å². The fourth-order valence-electron chi connectivity index (χ4n) is 2.42. The van der Waals surface area contributed by atoms with Crippen molar-refractivity contribution in [2.75, 3.05) is 21.3 Å². The third kappa shape index (κ3) is 4.16. The zero-order valence-corrected chi connectivity index (χ0v) is 14.3. The van der Waals surface area contributed by atoms with Gasteiger partial charge in [0.05, 0.1) is 39.5 Å². The molecule has 1 aromatic carbocycles. The molecule has 1 aromatic heterocycles. The van der Waals surface area contributed by atoms with E-state index in [0.717, 1.165) is 11.3 Å². The number of amides is 1. The van der Waals surface area contributed by atoms with E-state index in [1.807, 2.05) is 25.1 Å². The lowest BCUT2D eigenvalue weighted by Crippen LogP contribution is -2.28. The Kier molecular flexibility index (Phi) is 6.01. The van der Waals surface area contributed by atoms with Crippen molar-refractivity contribution in [2.24, 2.45) is 0 Å². The van der Waals surface area contributed by atoms with Crippen LogP contribution in [0, 0.1) is 0 Å². The third-order valence-electron chi connectivity index (χ3n) is 3.60. The van der Waals surface area contributed by atoms with Crippen molar-refractivity contribution < 1.29 is 19.0 Å². The third-order valence-corrected chi connectivity index (χ3v) is 3.60. The second-order valence-corrected chi connectivity index (χ2v) is 5.25. The monoisotopic (exact) mass is 330 g/mol. The lowest BCUT2D eigenvalue weighted by molar-refractivity contribution is -0.121. The van der Waals surface area contributed by atoms with E-state index in [1.54, 1.807) is 39.7 Å². The van der Waals surface area contributed by atoms with Gasteiger partial charge in [-0.25, -0.2) is 0 Å². The highest BCUT2D eigenvalue weighted by atomic mass is 16.5. The van der Waals surface area contributed by atoms with Crippen LogP contribution < -0.4 is 19.5 Å². The predicted octanol–water partition coefficient (Wildman–Crippen LogP) is 2.53. The highest BCUT2D eigenvalue weighted by Gasteiger charge is 2.16. The predicted molar refractivity (Wildman–Crippen MR) is 90.6 cm³/mol. The van der Waals surface area contributed by atoms with Crippen molar-refractivity contribution in [1.82, 2.24) is 10.3 Å². The van der Waals surface area contributed by atoms with Gasteiger partial charge < -0.3 is 19.5 Å². The summed E-state index contributed by atoms with van der Waals surface area (Å²) in [6.07, 6.45) is 1.91. The van der Waals surface area contributed by atoms with Gasteiger partial charge in [0.25, 0.3) is 0 Å². The number of hydrogen-bond donors (Lipinski definition) is 1. The zero-order chi connectivity index (χ0) is 17.5. The second-order valence-electron chi connectivity index (χ2n) is 5.25. The Morgan fingerprint density at radius 2 is 1.79 bits per heavy atom. The molecule has 0 radical (unpaired) electrons. The average molecular weight is 330 g/mol. The maximum Gasteiger partial charge on any atom is 0.224 e. The van der Waals surface area contributed by atoms with Crippen molar-refractivity contribution in [3.05, 3.63) is 47.8 Å². The van der Waals surface area contributed by atoms with Crippen molar-refractivity contribution in [3.8, 4) is 17.2 Å². The zero-order valence-electron chi connectivity index (χ0n) is 14.3. The van der Waals surface area contributed by atoms with Crippen LogP contribution >= 0.6 is 0 Å². The molecule has 0 spiro atoms. The molecule has 0 saturated carbocycles. The summed E-state index contributed by atoms with van der Waals surface area (Å²) >= 11 is 0. The van der Waals surface area contributed by atoms with Gasteiger partial charge in [-0.1, -0.05) is 6.07 Å². The van der Waals surface area contributed by atoms with E-state index in [2.05, 4.69) is 10.3 Å². The minimum Gasteiger partial charge on any atom is -0.493 e. The molecule has 6 nitrogen and oxygen atoms in total. The quantitative estimate of drug-likeness (QED) is 0.845. The summed E-state index contributed by atoms with van der Waals surface area (Å²) in [6.45, 7) is 1.90. The first-order chi connectivity index (χ1) is 11.6. The van der Waals surface area contributed by atoms with Gasteiger partial charge in [-0.05, 0) is 36.8 Å². The van der Waals surface area contributed by atoms with Gasteiger partial charge in [0.15, 0.2) is 11.5 Å². The number of nitrogens with one attached hydrogen (secondary N) is 1. The molecule has 6 heteroatoms. The Labute approximate surface area is 141 Å².